The number of nitrogens with one attached hydrogen (secondary N) is 1. The maximum absolute atomic E-state index is 5.80. The van der Waals surface area contributed by atoms with Crippen LogP contribution in [0, 0.1) is 35.5 Å². The van der Waals surface area contributed by atoms with Gasteiger partial charge in [0.05, 0.1) is 6.61 Å². The lowest BCUT2D eigenvalue weighted by Crippen LogP contribution is -2.44. The quantitative estimate of drug-likeness (QED) is 0.556. The van der Waals surface area contributed by atoms with Gasteiger partial charge >= 0.3 is 0 Å². The predicted octanol–water partition coefficient (Wildman–Crippen LogP) is 1.15. The van der Waals surface area contributed by atoms with Crippen LogP contribution in [0.3, 0.4) is 0 Å². The highest BCUT2D eigenvalue weighted by Crippen LogP contribution is 2.70. The molecule has 3 N–H and O–H groups in total. The summed E-state index contributed by atoms with van der Waals surface area (Å²) in [6, 6.07) is 0.542. The molecule has 3 saturated carbocycles. The van der Waals surface area contributed by atoms with Gasteiger partial charge in [0.25, 0.3) is 0 Å². The van der Waals surface area contributed by atoms with Crippen LogP contribution in [0.5, 0.6) is 0 Å². The van der Waals surface area contributed by atoms with Gasteiger partial charge in [-0.2, -0.15) is 0 Å². The maximum atomic E-state index is 5.80. The number of ether oxygens (including phenoxy) is 1. The minimum Gasteiger partial charge on any atom is -0.381 e. The summed E-state index contributed by atoms with van der Waals surface area (Å²) in [5.74, 6) is 11.5. The highest BCUT2D eigenvalue weighted by atomic mass is 16.5. The molecule has 1 heterocycles. The minimum absolute atomic E-state index is 0.542. The van der Waals surface area contributed by atoms with Crippen LogP contribution < -0.4 is 11.3 Å². The molecule has 3 aliphatic carbocycles. The molecule has 4 fully saturated rings. The SMILES string of the molecule is NNC(C1CCOC1)C1C2C3CCC(C3)C21. The monoisotopic (exact) mass is 222 g/mol. The molecule has 1 aliphatic heterocycles. The third kappa shape index (κ3) is 1.20. The lowest BCUT2D eigenvalue weighted by atomic mass is 9.89. The molecule has 90 valence electrons. The molecule has 0 aromatic rings. The smallest absolute Gasteiger partial charge is 0.0510 e. The molecule has 2 bridgehead atoms. The van der Waals surface area contributed by atoms with Crippen LogP contribution in [0.1, 0.15) is 25.7 Å². The van der Waals surface area contributed by atoms with Crippen LogP contribution in [0.15, 0.2) is 0 Å². The van der Waals surface area contributed by atoms with Crippen molar-refractivity contribution in [2.24, 2.45) is 41.4 Å². The summed E-state index contributed by atoms with van der Waals surface area (Å²) in [5, 5.41) is 0. The van der Waals surface area contributed by atoms with Crippen LogP contribution in [0.4, 0.5) is 0 Å². The van der Waals surface area contributed by atoms with Gasteiger partial charge in [-0.1, -0.05) is 0 Å². The molecule has 0 radical (unpaired) electrons. The van der Waals surface area contributed by atoms with E-state index in [4.69, 9.17) is 10.6 Å². The van der Waals surface area contributed by atoms with Crippen LogP contribution in [0.25, 0.3) is 0 Å². The van der Waals surface area contributed by atoms with E-state index in [9.17, 15) is 0 Å². The molecule has 0 aromatic carbocycles. The third-order valence-corrected chi connectivity index (χ3v) is 5.87. The Balaban J connectivity index is 1.50. The van der Waals surface area contributed by atoms with E-state index < -0.39 is 0 Å². The zero-order valence-corrected chi connectivity index (χ0v) is 9.77. The Morgan fingerprint density at radius 2 is 1.88 bits per heavy atom. The van der Waals surface area contributed by atoms with Crippen molar-refractivity contribution in [1.29, 1.82) is 0 Å². The molecule has 0 spiro atoms. The van der Waals surface area contributed by atoms with Crippen molar-refractivity contribution in [3.8, 4) is 0 Å². The van der Waals surface area contributed by atoms with E-state index >= 15 is 0 Å². The average Bonchev–Trinajstić information content (AvgIpc) is 2.78. The van der Waals surface area contributed by atoms with E-state index in [1.807, 2.05) is 0 Å². The van der Waals surface area contributed by atoms with E-state index in [1.54, 1.807) is 0 Å². The molecule has 6 atom stereocenters. The second-order valence-corrected chi connectivity index (χ2v) is 6.38. The van der Waals surface area contributed by atoms with Gasteiger partial charge in [0.15, 0.2) is 0 Å². The van der Waals surface area contributed by atoms with Crippen LogP contribution in [-0.2, 0) is 4.74 Å². The lowest BCUT2D eigenvalue weighted by Gasteiger charge is -2.24. The maximum Gasteiger partial charge on any atom is 0.0510 e. The van der Waals surface area contributed by atoms with Crippen molar-refractivity contribution in [2.45, 2.75) is 31.7 Å². The molecule has 0 aromatic heterocycles. The molecular weight excluding hydrogens is 200 g/mol. The van der Waals surface area contributed by atoms with Crippen LogP contribution in [0.2, 0.25) is 0 Å². The summed E-state index contributed by atoms with van der Waals surface area (Å²) < 4.78 is 5.51. The van der Waals surface area contributed by atoms with Gasteiger partial charge in [-0.3, -0.25) is 11.3 Å². The Morgan fingerprint density at radius 3 is 2.44 bits per heavy atom. The largest absolute Gasteiger partial charge is 0.381 e. The van der Waals surface area contributed by atoms with E-state index in [-0.39, 0.29) is 0 Å². The fourth-order valence-corrected chi connectivity index (χ4v) is 5.27. The van der Waals surface area contributed by atoms with E-state index in [1.165, 1.54) is 25.7 Å². The number of hydrogen-bond donors (Lipinski definition) is 2. The van der Waals surface area contributed by atoms with E-state index in [0.29, 0.717) is 12.0 Å². The highest BCUT2D eigenvalue weighted by molar-refractivity contribution is 5.16. The fraction of sp³-hybridized carbons (Fsp3) is 1.00. The number of fused-ring (bicyclic) bond motifs is 5. The number of nitrogens with two attached hydrogens (primary N) is 1. The number of hydrazine groups is 1. The van der Waals surface area contributed by atoms with Crippen molar-refractivity contribution in [2.75, 3.05) is 13.2 Å². The van der Waals surface area contributed by atoms with Gasteiger partial charge in [-0.15, -0.1) is 0 Å². The molecule has 1 saturated heterocycles. The molecule has 4 aliphatic rings. The van der Waals surface area contributed by atoms with Crippen LogP contribution in [-0.4, -0.2) is 19.3 Å². The summed E-state index contributed by atoms with van der Waals surface area (Å²) in [6.07, 6.45) is 5.74. The first kappa shape index (κ1) is 9.86. The fourth-order valence-electron chi connectivity index (χ4n) is 5.27. The molecule has 3 heteroatoms. The van der Waals surface area contributed by atoms with Gasteiger partial charge in [0, 0.05) is 18.6 Å². The Hall–Kier alpha value is -0.120. The first-order chi connectivity index (χ1) is 7.90. The average molecular weight is 222 g/mol. The van der Waals surface area contributed by atoms with Gasteiger partial charge in [-0.05, 0) is 55.3 Å². The van der Waals surface area contributed by atoms with E-state index in [0.717, 1.165) is 42.8 Å². The molecule has 6 unspecified atom stereocenters. The van der Waals surface area contributed by atoms with Crippen molar-refractivity contribution >= 4 is 0 Å². The molecule has 3 nitrogen and oxygen atoms in total. The highest BCUT2D eigenvalue weighted by Gasteiger charge is 2.67. The van der Waals surface area contributed by atoms with Gasteiger partial charge in [0.2, 0.25) is 0 Å². The molecule has 0 amide bonds. The van der Waals surface area contributed by atoms with E-state index in [2.05, 4.69) is 5.43 Å². The van der Waals surface area contributed by atoms with Crippen molar-refractivity contribution in [1.82, 2.24) is 5.43 Å². The lowest BCUT2D eigenvalue weighted by molar-refractivity contribution is 0.169. The summed E-state index contributed by atoms with van der Waals surface area (Å²) >= 11 is 0. The summed E-state index contributed by atoms with van der Waals surface area (Å²) in [6.45, 7) is 1.87. The summed E-state index contributed by atoms with van der Waals surface area (Å²) in [7, 11) is 0. The van der Waals surface area contributed by atoms with Crippen LogP contribution >= 0.6 is 0 Å². The van der Waals surface area contributed by atoms with Gasteiger partial charge in [0.1, 0.15) is 0 Å². The second kappa shape index (κ2) is 3.44. The Kier molecular flexibility index (Phi) is 2.12. The summed E-state index contributed by atoms with van der Waals surface area (Å²) in [4.78, 5) is 0. The Bertz CT molecular complexity index is 274. The molecular formula is C13H22N2O. The van der Waals surface area contributed by atoms with Gasteiger partial charge in [-0.25, -0.2) is 0 Å². The zero-order valence-electron chi connectivity index (χ0n) is 9.77. The number of hydrogen-bond acceptors (Lipinski definition) is 3. The first-order valence-electron chi connectivity index (χ1n) is 6.94. The minimum atomic E-state index is 0.542. The third-order valence-electron chi connectivity index (χ3n) is 5.87. The van der Waals surface area contributed by atoms with Gasteiger partial charge < -0.3 is 4.74 Å². The standard InChI is InChI=1S/C13H22N2O/c14-15-13(9-3-4-16-6-9)12-10-7-1-2-8(5-7)11(10)12/h7-13,15H,1-6,14H2. The summed E-state index contributed by atoms with van der Waals surface area (Å²) in [5.41, 5.74) is 3.12. The first-order valence-corrected chi connectivity index (χ1v) is 6.94. The molecule has 16 heavy (non-hydrogen) atoms. The normalized spacial score (nSPS) is 55.3. The topological polar surface area (TPSA) is 47.3 Å². The number of rotatable bonds is 3. The second-order valence-electron chi connectivity index (χ2n) is 6.38. The zero-order chi connectivity index (χ0) is 10.7. The Labute approximate surface area is 97.1 Å². The molecule has 4 rings (SSSR count). The predicted molar refractivity (Wildman–Crippen MR) is 61.3 cm³/mol. The van der Waals surface area contributed by atoms with Crippen molar-refractivity contribution in [3.63, 3.8) is 0 Å². The van der Waals surface area contributed by atoms with Crippen molar-refractivity contribution in [3.05, 3.63) is 0 Å². The van der Waals surface area contributed by atoms with Crippen molar-refractivity contribution < 1.29 is 4.74 Å². The Morgan fingerprint density at radius 1 is 1.12 bits per heavy atom.